The predicted molar refractivity (Wildman–Crippen MR) is 213 cm³/mol. The van der Waals surface area contributed by atoms with E-state index in [2.05, 4.69) is 187 Å². The summed E-state index contributed by atoms with van der Waals surface area (Å²) in [5.74, 6) is 0. The molecule has 0 unspecified atom stereocenters. The molecular formula is C42H44Cl2P2Pd+2. The molecule has 0 saturated carbocycles. The summed E-state index contributed by atoms with van der Waals surface area (Å²) in [4.78, 5) is 0. The second-order valence-corrected chi connectivity index (χ2v) is 19.3. The minimum atomic E-state index is -0.944. The van der Waals surface area contributed by atoms with E-state index in [1.165, 1.54) is 65.2 Å². The summed E-state index contributed by atoms with van der Waals surface area (Å²) >= 11 is -0.106. The molecule has 6 aromatic carbocycles. The zero-order valence-electron chi connectivity index (χ0n) is 27.9. The molecule has 244 valence electrons. The van der Waals surface area contributed by atoms with Gasteiger partial charge in [0.2, 0.25) is 0 Å². The van der Waals surface area contributed by atoms with Crippen LogP contribution in [-0.4, -0.2) is 0 Å². The summed E-state index contributed by atoms with van der Waals surface area (Å²) in [6.07, 6.45) is 0. The van der Waals surface area contributed by atoms with Crippen molar-refractivity contribution in [3.63, 3.8) is 0 Å². The van der Waals surface area contributed by atoms with Crippen LogP contribution in [-0.2, 0) is 15.9 Å². The van der Waals surface area contributed by atoms with E-state index in [1.807, 2.05) is 0 Å². The van der Waals surface area contributed by atoms with Gasteiger partial charge in [-0.3, -0.25) is 0 Å². The average molecular weight is 788 g/mol. The van der Waals surface area contributed by atoms with Gasteiger partial charge in [0, 0.05) is 0 Å². The van der Waals surface area contributed by atoms with Gasteiger partial charge in [0.25, 0.3) is 0 Å². The first-order valence-corrected chi connectivity index (χ1v) is 22.7. The third kappa shape index (κ3) is 11.2. The van der Waals surface area contributed by atoms with E-state index >= 15 is 0 Å². The molecule has 0 radical (unpaired) electrons. The first kappa shape index (κ1) is 37.2. The normalized spacial score (nSPS) is 10.7. The Balaban J connectivity index is 0.000000197. The Bertz CT molecular complexity index is 1530. The van der Waals surface area contributed by atoms with Gasteiger partial charge < -0.3 is 0 Å². The van der Waals surface area contributed by atoms with Crippen molar-refractivity contribution in [2.45, 2.75) is 41.5 Å². The second-order valence-electron chi connectivity index (χ2n) is 12.0. The fraction of sp³-hybridized carbons (Fsp3) is 0.143. The van der Waals surface area contributed by atoms with Crippen molar-refractivity contribution in [3.8, 4) is 0 Å². The van der Waals surface area contributed by atoms with Crippen LogP contribution in [0.15, 0.2) is 146 Å². The third-order valence-electron chi connectivity index (χ3n) is 7.84. The van der Waals surface area contributed by atoms with Crippen LogP contribution in [0.3, 0.4) is 0 Å². The maximum atomic E-state index is 4.81. The molecule has 6 rings (SSSR count). The first-order chi connectivity index (χ1) is 22.7. The number of halogens is 2. The van der Waals surface area contributed by atoms with E-state index in [0.29, 0.717) is 0 Å². The number of aryl methyl sites for hydroxylation is 6. The first-order valence-electron chi connectivity index (χ1n) is 15.7. The van der Waals surface area contributed by atoms with Gasteiger partial charge in [0.1, 0.15) is 31.8 Å². The van der Waals surface area contributed by atoms with E-state index in [4.69, 9.17) is 19.1 Å². The Morgan fingerprint density at radius 2 is 0.468 bits per heavy atom. The molecule has 47 heavy (non-hydrogen) atoms. The molecule has 0 spiro atoms. The fourth-order valence-corrected chi connectivity index (χ4v) is 11.6. The van der Waals surface area contributed by atoms with E-state index in [0.717, 1.165) is 0 Å². The summed E-state index contributed by atoms with van der Waals surface area (Å²) in [6.45, 7) is 13.1. The summed E-state index contributed by atoms with van der Waals surface area (Å²) in [5.41, 5.74) is 8.00. The van der Waals surface area contributed by atoms with Crippen LogP contribution in [0.25, 0.3) is 0 Å². The SMILES string of the molecule is Cc1cccc([PH+](c2cccc(C)c2)c2cccc(C)c2)c1.Cc1cccc([PH+](c2cccc(C)c2)c2cccc(C)c2)c1.[Cl][Pd][Cl]. The number of hydrogen-bond acceptors (Lipinski definition) is 0. The quantitative estimate of drug-likeness (QED) is 0.117. The van der Waals surface area contributed by atoms with Gasteiger partial charge in [-0.1, -0.05) is 72.8 Å². The molecule has 6 aromatic rings. The molecule has 0 aliphatic rings. The summed E-state index contributed by atoms with van der Waals surface area (Å²) in [5, 5.41) is 8.76. The molecule has 0 aromatic heterocycles. The van der Waals surface area contributed by atoms with Gasteiger partial charge in [0.15, 0.2) is 0 Å². The fourth-order valence-electron chi connectivity index (χ4n) is 5.80. The van der Waals surface area contributed by atoms with Crippen molar-refractivity contribution in [2.24, 2.45) is 0 Å². The molecular weight excluding hydrogens is 744 g/mol. The van der Waals surface area contributed by atoms with E-state index < -0.39 is 15.8 Å². The van der Waals surface area contributed by atoms with Crippen molar-refractivity contribution in [2.75, 3.05) is 0 Å². The second kappa shape index (κ2) is 18.8. The van der Waals surface area contributed by atoms with Crippen LogP contribution >= 0.6 is 34.9 Å². The molecule has 0 N–H and O–H groups in total. The zero-order chi connectivity index (χ0) is 33.8. The Kier molecular flexibility index (Phi) is 14.9. The van der Waals surface area contributed by atoms with Crippen LogP contribution in [0.4, 0.5) is 0 Å². The molecule has 5 heteroatoms. The molecule has 0 aliphatic heterocycles. The van der Waals surface area contributed by atoms with Gasteiger partial charge in [-0.25, -0.2) is 0 Å². The van der Waals surface area contributed by atoms with Crippen molar-refractivity contribution >= 4 is 66.7 Å². The Hall–Kier alpha value is -2.58. The zero-order valence-corrected chi connectivity index (χ0v) is 33.0. The van der Waals surface area contributed by atoms with Crippen LogP contribution in [0.2, 0.25) is 0 Å². The summed E-state index contributed by atoms with van der Waals surface area (Å²) in [7, 11) is 7.74. The van der Waals surface area contributed by atoms with E-state index in [9.17, 15) is 0 Å². The monoisotopic (exact) mass is 786 g/mol. The van der Waals surface area contributed by atoms with Crippen molar-refractivity contribution in [1.29, 1.82) is 0 Å². The topological polar surface area (TPSA) is 0 Å². The minimum absolute atomic E-state index is 0.106. The van der Waals surface area contributed by atoms with Gasteiger partial charge in [-0.05, 0) is 148 Å². The van der Waals surface area contributed by atoms with Crippen molar-refractivity contribution in [3.05, 3.63) is 179 Å². The van der Waals surface area contributed by atoms with Gasteiger partial charge in [-0.15, -0.1) is 0 Å². The molecule has 0 saturated heterocycles. The van der Waals surface area contributed by atoms with Crippen LogP contribution in [0.1, 0.15) is 33.4 Å². The van der Waals surface area contributed by atoms with Gasteiger partial charge >= 0.3 is 35.0 Å². The van der Waals surface area contributed by atoms with E-state index in [1.54, 1.807) is 0 Å². The Morgan fingerprint density at radius 1 is 0.319 bits per heavy atom. The number of hydrogen-bond donors (Lipinski definition) is 0. The predicted octanol–water partition coefficient (Wildman–Crippen LogP) is 9.58. The Morgan fingerprint density at radius 3 is 0.596 bits per heavy atom. The number of rotatable bonds is 6. The van der Waals surface area contributed by atoms with Crippen LogP contribution in [0.5, 0.6) is 0 Å². The van der Waals surface area contributed by atoms with Crippen LogP contribution < -0.4 is 31.8 Å². The van der Waals surface area contributed by atoms with Crippen molar-refractivity contribution < 1.29 is 15.9 Å². The maximum absolute atomic E-state index is 4.81. The number of benzene rings is 6. The summed E-state index contributed by atoms with van der Waals surface area (Å²) in [6, 6.07) is 53.9. The Labute approximate surface area is 301 Å². The molecule has 0 atom stereocenters. The molecule has 0 amide bonds. The van der Waals surface area contributed by atoms with Gasteiger partial charge in [0.05, 0.1) is 15.8 Å². The molecule has 0 aliphatic carbocycles. The summed E-state index contributed by atoms with van der Waals surface area (Å²) < 4.78 is 0. The molecule has 0 fully saturated rings. The third-order valence-corrected chi connectivity index (χ3v) is 13.2. The van der Waals surface area contributed by atoms with Gasteiger partial charge in [-0.2, -0.15) is 0 Å². The van der Waals surface area contributed by atoms with Crippen LogP contribution in [0, 0.1) is 41.5 Å². The standard InChI is InChI=1S/2C21H21P.2ClH.Pd/c2*1-16-7-4-10-19(13-16)22(20-11-5-8-17(2)14-20)21-12-6-9-18(3)15-21;;;/h2*4-15H,1-3H3;2*1H;/q;;;;+2. The average Bonchev–Trinajstić information content (AvgIpc) is 3.03. The molecule has 0 bridgehead atoms. The van der Waals surface area contributed by atoms with E-state index in [-0.39, 0.29) is 15.9 Å². The molecule has 0 nitrogen and oxygen atoms in total. The molecule has 0 heterocycles. The van der Waals surface area contributed by atoms with Crippen molar-refractivity contribution in [1.82, 2.24) is 0 Å².